The van der Waals surface area contributed by atoms with E-state index in [-0.39, 0.29) is 34.3 Å². The molecule has 0 aliphatic carbocycles. The molecule has 4 aromatic rings. The first-order chi connectivity index (χ1) is 14.5. The highest BCUT2D eigenvalue weighted by molar-refractivity contribution is 6.30. The number of halogens is 1. The van der Waals surface area contributed by atoms with Crippen molar-refractivity contribution in [2.45, 2.75) is 13.0 Å². The van der Waals surface area contributed by atoms with Crippen LogP contribution in [0.2, 0.25) is 5.15 Å². The summed E-state index contributed by atoms with van der Waals surface area (Å²) in [6.07, 6.45) is 0. The summed E-state index contributed by atoms with van der Waals surface area (Å²) in [5.41, 5.74) is 2.20. The lowest BCUT2D eigenvalue weighted by molar-refractivity contribution is 0.0920. The van der Waals surface area contributed by atoms with Gasteiger partial charge in [0.1, 0.15) is 11.7 Å². The molecule has 1 aromatic carbocycles. The van der Waals surface area contributed by atoms with Gasteiger partial charge in [-0.3, -0.25) is 4.79 Å². The van der Waals surface area contributed by atoms with E-state index in [1.807, 2.05) is 19.1 Å². The van der Waals surface area contributed by atoms with Crippen LogP contribution in [0, 0.1) is 11.3 Å². The summed E-state index contributed by atoms with van der Waals surface area (Å²) in [5.74, 6) is 0.572. The van der Waals surface area contributed by atoms with Gasteiger partial charge in [0.25, 0.3) is 5.91 Å². The third kappa shape index (κ3) is 2.96. The van der Waals surface area contributed by atoms with E-state index in [0.29, 0.717) is 29.2 Å². The Morgan fingerprint density at radius 3 is 2.80 bits per heavy atom. The fourth-order valence-electron chi connectivity index (χ4n) is 3.43. The maximum atomic E-state index is 12.4. The van der Waals surface area contributed by atoms with Crippen LogP contribution in [0.1, 0.15) is 23.0 Å². The van der Waals surface area contributed by atoms with Gasteiger partial charge in [-0.15, -0.1) is 0 Å². The number of carbonyl (C=O) groups excluding carboxylic acids is 1. The summed E-state index contributed by atoms with van der Waals surface area (Å²) in [4.78, 5) is 21.0. The normalized spacial score (nSPS) is 15.8. The third-order valence-corrected chi connectivity index (χ3v) is 5.11. The smallest absolute Gasteiger partial charge is 0.289 e. The number of rotatable bonds is 2. The van der Waals surface area contributed by atoms with Crippen LogP contribution in [0.5, 0.6) is 11.8 Å². The highest BCUT2D eigenvalue weighted by Crippen LogP contribution is 2.37. The van der Waals surface area contributed by atoms with Gasteiger partial charge in [0.15, 0.2) is 5.15 Å². The fourth-order valence-corrected chi connectivity index (χ4v) is 3.62. The number of hydrogen-bond donors (Lipinski definition) is 2. The lowest BCUT2D eigenvalue weighted by atomic mass is 10.1. The zero-order valence-electron chi connectivity index (χ0n) is 15.7. The van der Waals surface area contributed by atoms with Crippen LogP contribution in [0.15, 0.2) is 40.8 Å². The van der Waals surface area contributed by atoms with Crippen LogP contribution < -0.4 is 15.4 Å². The molecular weight excluding hydrogens is 406 g/mol. The van der Waals surface area contributed by atoms with Gasteiger partial charge in [-0.1, -0.05) is 11.6 Å². The predicted molar refractivity (Wildman–Crippen MR) is 111 cm³/mol. The molecular formula is C21H14ClN5O3. The van der Waals surface area contributed by atoms with Crippen molar-refractivity contribution in [3.63, 3.8) is 0 Å². The quantitative estimate of drug-likeness (QED) is 0.467. The first-order valence-corrected chi connectivity index (χ1v) is 9.57. The molecule has 3 aromatic heterocycles. The number of ether oxygens (including phenoxy) is 1. The van der Waals surface area contributed by atoms with E-state index < -0.39 is 0 Å². The van der Waals surface area contributed by atoms with E-state index in [9.17, 15) is 4.79 Å². The molecule has 0 saturated carbocycles. The van der Waals surface area contributed by atoms with Crippen molar-refractivity contribution in [1.82, 2.24) is 15.3 Å². The molecule has 5 rings (SSSR count). The number of anilines is 1. The number of aromatic nitrogens is 2. The van der Waals surface area contributed by atoms with Gasteiger partial charge in [-0.2, -0.15) is 10.2 Å². The molecule has 30 heavy (non-hydrogen) atoms. The first kappa shape index (κ1) is 18.2. The molecule has 4 heterocycles. The summed E-state index contributed by atoms with van der Waals surface area (Å²) in [7, 11) is 0. The number of furan rings is 1. The van der Waals surface area contributed by atoms with Gasteiger partial charge in [-0.05, 0) is 31.2 Å². The predicted octanol–water partition coefficient (Wildman–Crippen LogP) is 4.24. The molecule has 9 heteroatoms. The lowest BCUT2D eigenvalue weighted by Crippen LogP contribution is -2.34. The van der Waals surface area contributed by atoms with Gasteiger partial charge in [0.05, 0.1) is 22.2 Å². The Morgan fingerprint density at radius 2 is 2.00 bits per heavy atom. The van der Waals surface area contributed by atoms with Gasteiger partial charge in [-0.25, -0.2) is 4.98 Å². The fraction of sp³-hybridized carbons (Fsp3) is 0.143. The molecule has 1 amide bonds. The van der Waals surface area contributed by atoms with E-state index in [1.165, 1.54) is 6.07 Å². The largest absolute Gasteiger partial charge is 0.449 e. The highest BCUT2D eigenvalue weighted by Gasteiger charge is 2.26. The maximum absolute atomic E-state index is 12.4. The number of nitriles is 1. The topological polar surface area (TPSA) is 113 Å². The molecule has 1 atom stereocenters. The van der Waals surface area contributed by atoms with E-state index >= 15 is 0 Å². The van der Waals surface area contributed by atoms with E-state index in [2.05, 4.69) is 20.6 Å². The molecule has 0 spiro atoms. The number of carbonyl (C=O) groups is 1. The second kappa shape index (κ2) is 6.90. The molecule has 1 aliphatic heterocycles. The Labute approximate surface area is 175 Å². The van der Waals surface area contributed by atoms with Crippen molar-refractivity contribution in [2.24, 2.45) is 0 Å². The number of amides is 1. The Kier molecular flexibility index (Phi) is 4.19. The van der Waals surface area contributed by atoms with E-state index in [0.717, 1.165) is 10.8 Å². The molecule has 8 nitrogen and oxygen atoms in total. The molecule has 1 aliphatic rings. The third-order valence-electron chi connectivity index (χ3n) is 4.82. The van der Waals surface area contributed by atoms with Crippen LogP contribution in [0.4, 0.5) is 5.69 Å². The molecule has 1 unspecified atom stereocenters. The van der Waals surface area contributed by atoms with Gasteiger partial charge in [0.2, 0.25) is 17.5 Å². The summed E-state index contributed by atoms with van der Waals surface area (Å²) < 4.78 is 11.5. The monoisotopic (exact) mass is 419 g/mol. The highest BCUT2D eigenvalue weighted by atomic mass is 35.5. The lowest BCUT2D eigenvalue weighted by Gasteiger charge is -2.10. The summed E-state index contributed by atoms with van der Waals surface area (Å²) in [6.45, 7) is 2.51. The number of fused-ring (bicyclic) bond motifs is 5. The van der Waals surface area contributed by atoms with Crippen molar-refractivity contribution in [3.8, 4) is 17.8 Å². The minimum absolute atomic E-state index is 0.0185. The SMILES string of the molecule is CC1CNc2c(oc3ccc4nc(Oc5ccc(C#N)c(Cl)n5)ccc4c23)C(=O)N1. The van der Waals surface area contributed by atoms with Crippen molar-refractivity contribution < 1.29 is 13.9 Å². The Bertz CT molecular complexity index is 1370. The second-order valence-corrected chi connectivity index (χ2v) is 7.28. The minimum Gasteiger partial charge on any atom is -0.449 e. The van der Waals surface area contributed by atoms with Gasteiger partial charge < -0.3 is 19.8 Å². The molecule has 0 fully saturated rings. The van der Waals surface area contributed by atoms with Crippen LogP contribution in [0.3, 0.4) is 0 Å². The van der Waals surface area contributed by atoms with Gasteiger partial charge >= 0.3 is 0 Å². The zero-order chi connectivity index (χ0) is 20.8. The summed E-state index contributed by atoms with van der Waals surface area (Å²) >= 11 is 5.96. The first-order valence-electron chi connectivity index (χ1n) is 9.19. The second-order valence-electron chi connectivity index (χ2n) is 6.92. The molecule has 148 valence electrons. The molecule has 2 N–H and O–H groups in total. The van der Waals surface area contributed by atoms with Crippen molar-refractivity contribution in [2.75, 3.05) is 11.9 Å². The van der Waals surface area contributed by atoms with Crippen molar-refractivity contribution in [1.29, 1.82) is 5.26 Å². The average Bonchev–Trinajstić information content (AvgIpc) is 3.05. The molecule has 0 bridgehead atoms. The van der Waals surface area contributed by atoms with E-state index in [1.54, 1.807) is 24.3 Å². The summed E-state index contributed by atoms with van der Waals surface area (Å²) in [5, 5.41) is 16.8. The van der Waals surface area contributed by atoms with Crippen LogP contribution in [-0.4, -0.2) is 28.5 Å². The number of nitrogens with one attached hydrogen (secondary N) is 2. The van der Waals surface area contributed by atoms with Crippen LogP contribution in [-0.2, 0) is 0 Å². The zero-order valence-corrected chi connectivity index (χ0v) is 16.4. The number of nitrogens with zero attached hydrogens (tertiary/aromatic N) is 3. The molecule has 0 radical (unpaired) electrons. The maximum Gasteiger partial charge on any atom is 0.289 e. The Morgan fingerprint density at radius 1 is 1.20 bits per heavy atom. The van der Waals surface area contributed by atoms with Gasteiger partial charge in [0, 0.05) is 30.1 Å². The van der Waals surface area contributed by atoms with E-state index in [4.69, 9.17) is 26.0 Å². The number of benzene rings is 1. The number of hydrogen-bond acceptors (Lipinski definition) is 7. The summed E-state index contributed by atoms with van der Waals surface area (Å²) in [6, 6.07) is 12.2. The number of pyridine rings is 2. The molecule has 0 saturated heterocycles. The van der Waals surface area contributed by atoms with Crippen molar-refractivity contribution in [3.05, 3.63) is 52.9 Å². The Hall–Kier alpha value is -3.83. The average molecular weight is 420 g/mol. The van der Waals surface area contributed by atoms with Crippen LogP contribution >= 0.6 is 11.6 Å². The Balaban J connectivity index is 1.57. The van der Waals surface area contributed by atoms with Crippen LogP contribution in [0.25, 0.3) is 21.9 Å². The standard InChI is InChI=1S/C21H14ClN5O3/c1-10-9-24-18-17-12-3-7-15(30-16-6-2-11(8-23)20(22)27-16)26-13(12)4-5-14(17)29-19(18)21(28)25-10/h2-7,10,24H,9H2,1H3,(H,25,28). The minimum atomic E-state index is -0.247. The van der Waals surface area contributed by atoms with Crippen molar-refractivity contribution >= 4 is 45.1 Å².